The molecule has 0 aliphatic heterocycles. The Hall–Kier alpha value is -1.87. The maximum atomic E-state index is 13.2. The first kappa shape index (κ1) is 11.2. The van der Waals surface area contributed by atoms with Crippen LogP contribution in [0.1, 0.15) is 0 Å². The van der Waals surface area contributed by atoms with Crippen LogP contribution in [0.3, 0.4) is 0 Å². The van der Waals surface area contributed by atoms with Gasteiger partial charge in [0.2, 0.25) is 0 Å². The summed E-state index contributed by atoms with van der Waals surface area (Å²) < 4.78 is 19.5. The normalized spacial score (nSPS) is 10.8. The number of hydrogen-bond acceptors (Lipinski definition) is 2. The number of fused-ring (bicyclic) bond motifs is 1. The van der Waals surface area contributed by atoms with E-state index in [9.17, 15) is 4.39 Å². The Morgan fingerprint density at radius 1 is 1.17 bits per heavy atom. The molecule has 0 atom stereocenters. The molecule has 0 spiro atoms. The van der Waals surface area contributed by atoms with Crippen LogP contribution in [0.15, 0.2) is 42.5 Å². The number of benzene rings is 2. The van der Waals surface area contributed by atoms with Crippen LogP contribution in [0.5, 0.6) is 5.75 Å². The largest absolute Gasteiger partial charge is 0.497 e. The highest BCUT2D eigenvalue weighted by atomic mass is 32.1. The molecule has 1 nitrogen and oxygen atoms in total. The quantitative estimate of drug-likeness (QED) is 0.656. The van der Waals surface area contributed by atoms with Gasteiger partial charge in [-0.05, 0) is 35.9 Å². The molecule has 0 unspecified atom stereocenters. The first-order chi connectivity index (χ1) is 8.76. The van der Waals surface area contributed by atoms with Gasteiger partial charge in [0, 0.05) is 21.0 Å². The van der Waals surface area contributed by atoms with Crippen molar-refractivity contribution < 1.29 is 9.13 Å². The Balaban J connectivity index is 2.13. The average Bonchev–Trinajstić information content (AvgIpc) is 2.81. The van der Waals surface area contributed by atoms with E-state index in [1.165, 1.54) is 12.1 Å². The van der Waals surface area contributed by atoms with Crippen molar-refractivity contribution in [2.24, 2.45) is 0 Å². The van der Waals surface area contributed by atoms with Gasteiger partial charge < -0.3 is 4.74 Å². The van der Waals surface area contributed by atoms with E-state index in [-0.39, 0.29) is 5.82 Å². The molecule has 0 amide bonds. The first-order valence-electron chi connectivity index (χ1n) is 5.52. The summed E-state index contributed by atoms with van der Waals surface area (Å²) in [5.41, 5.74) is 0.857. The lowest BCUT2D eigenvalue weighted by Crippen LogP contribution is -1.79. The van der Waals surface area contributed by atoms with Crippen molar-refractivity contribution >= 4 is 21.4 Å². The maximum Gasteiger partial charge on any atom is 0.123 e. The molecular formula is C15H10FOS. The van der Waals surface area contributed by atoms with Gasteiger partial charge in [0.1, 0.15) is 11.6 Å². The molecule has 0 aliphatic carbocycles. The molecule has 0 saturated carbocycles. The molecule has 0 bridgehead atoms. The van der Waals surface area contributed by atoms with Crippen LogP contribution in [0.4, 0.5) is 4.39 Å². The van der Waals surface area contributed by atoms with Crippen LogP contribution in [0, 0.1) is 11.9 Å². The zero-order valence-electron chi connectivity index (χ0n) is 9.74. The highest BCUT2D eigenvalue weighted by molar-refractivity contribution is 7.22. The molecule has 1 radical (unpaired) electrons. The molecule has 1 heterocycles. The van der Waals surface area contributed by atoms with Crippen LogP contribution in [-0.4, -0.2) is 7.11 Å². The molecule has 3 aromatic rings. The van der Waals surface area contributed by atoms with Gasteiger partial charge in [-0.3, -0.25) is 0 Å². The fourth-order valence-corrected chi connectivity index (χ4v) is 2.87. The zero-order valence-corrected chi connectivity index (χ0v) is 10.6. The van der Waals surface area contributed by atoms with E-state index in [1.54, 1.807) is 24.5 Å². The predicted octanol–water partition coefficient (Wildman–Crippen LogP) is 4.52. The SMILES string of the molecule is COc1ccc2[c]c(-c3cccc(F)c3)sc2c1. The molecule has 3 rings (SSSR count). The molecule has 1 aromatic heterocycles. The molecule has 3 heteroatoms. The summed E-state index contributed by atoms with van der Waals surface area (Å²) >= 11 is 1.59. The highest BCUT2D eigenvalue weighted by Crippen LogP contribution is 2.34. The monoisotopic (exact) mass is 257 g/mol. The lowest BCUT2D eigenvalue weighted by atomic mass is 10.1. The van der Waals surface area contributed by atoms with E-state index < -0.39 is 0 Å². The highest BCUT2D eigenvalue weighted by Gasteiger charge is 2.06. The molecule has 0 fully saturated rings. The van der Waals surface area contributed by atoms with E-state index in [2.05, 4.69) is 6.07 Å². The van der Waals surface area contributed by atoms with Gasteiger partial charge in [-0.25, -0.2) is 4.39 Å². The fourth-order valence-electron chi connectivity index (χ4n) is 1.84. The Morgan fingerprint density at radius 2 is 2.06 bits per heavy atom. The summed E-state index contributed by atoms with van der Waals surface area (Å²) in [6.45, 7) is 0. The van der Waals surface area contributed by atoms with Crippen molar-refractivity contribution in [3.8, 4) is 16.2 Å². The Labute approximate surface area is 108 Å². The third kappa shape index (κ3) is 1.97. The van der Waals surface area contributed by atoms with E-state index >= 15 is 0 Å². The van der Waals surface area contributed by atoms with Crippen LogP contribution < -0.4 is 4.74 Å². The minimum atomic E-state index is -0.226. The minimum Gasteiger partial charge on any atom is -0.497 e. The Bertz CT molecular complexity index is 703. The van der Waals surface area contributed by atoms with Crippen LogP contribution >= 0.6 is 11.3 Å². The summed E-state index contributed by atoms with van der Waals surface area (Å²) in [6, 6.07) is 15.7. The number of halogens is 1. The molecule has 0 aliphatic rings. The zero-order chi connectivity index (χ0) is 12.5. The van der Waals surface area contributed by atoms with Gasteiger partial charge in [0.05, 0.1) is 7.11 Å². The van der Waals surface area contributed by atoms with Crippen molar-refractivity contribution in [1.29, 1.82) is 0 Å². The number of methoxy groups -OCH3 is 1. The van der Waals surface area contributed by atoms with Crippen molar-refractivity contribution in [3.05, 3.63) is 54.3 Å². The van der Waals surface area contributed by atoms with Gasteiger partial charge >= 0.3 is 0 Å². The molecule has 0 N–H and O–H groups in total. The van der Waals surface area contributed by atoms with Crippen LogP contribution in [0.25, 0.3) is 20.5 Å². The van der Waals surface area contributed by atoms with Crippen molar-refractivity contribution in [2.45, 2.75) is 0 Å². The summed E-state index contributed by atoms with van der Waals surface area (Å²) in [5, 5.41) is 1.03. The van der Waals surface area contributed by atoms with E-state index in [1.807, 2.05) is 24.3 Å². The van der Waals surface area contributed by atoms with Crippen LogP contribution in [0.2, 0.25) is 0 Å². The van der Waals surface area contributed by atoms with Gasteiger partial charge in [-0.15, -0.1) is 11.3 Å². The van der Waals surface area contributed by atoms with E-state index in [0.29, 0.717) is 0 Å². The predicted molar refractivity (Wildman–Crippen MR) is 72.6 cm³/mol. The average molecular weight is 257 g/mol. The van der Waals surface area contributed by atoms with Gasteiger partial charge in [-0.2, -0.15) is 0 Å². The maximum absolute atomic E-state index is 13.2. The standard InChI is InChI=1S/C15H10FOS/c1-17-13-6-5-11-8-14(18-15(11)9-13)10-3-2-4-12(16)7-10/h2-7,9H,1H3. The summed E-state index contributed by atoms with van der Waals surface area (Å²) in [7, 11) is 1.64. The topological polar surface area (TPSA) is 9.23 Å². The molecule has 18 heavy (non-hydrogen) atoms. The molecule has 0 saturated heterocycles. The van der Waals surface area contributed by atoms with Gasteiger partial charge in [-0.1, -0.05) is 12.1 Å². The minimum absolute atomic E-state index is 0.226. The number of ether oxygens (including phenoxy) is 1. The van der Waals surface area contributed by atoms with Gasteiger partial charge in [0.25, 0.3) is 0 Å². The van der Waals surface area contributed by atoms with Crippen molar-refractivity contribution in [2.75, 3.05) is 7.11 Å². The molecule has 89 valence electrons. The van der Waals surface area contributed by atoms with Gasteiger partial charge in [0.15, 0.2) is 0 Å². The second-order valence-electron chi connectivity index (χ2n) is 3.93. The van der Waals surface area contributed by atoms with Crippen molar-refractivity contribution in [1.82, 2.24) is 0 Å². The van der Waals surface area contributed by atoms with E-state index in [0.717, 1.165) is 26.3 Å². The van der Waals surface area contributed by atoms with E-state index in [4.69, 9.17) is 4.74 Å². The van der Waals surface area contributed by atoms with Crippen LogP contribution in [-0.2, 0) is 0 Å². The summed E-state index contributed by atoms with van der Waals surface area (Å²) in [4.78, 5) is 0.942. The Kier molecular flexibility index (Phi) is 2.76. The van der Waals surface area contributed by atoms with Crippen molar-refractivity contribution in [3.63, 3.8) is 0 Å². The molecule has 2 aromatic carbocycles. The third-order valence-electron chi connectivity index (χ3n) is 2.74. The number of thiophene rings is 1. The third-order valence-corrected chi connectivity index (χ3v) is 3.84. The smallest absolute Gasteiger partial charge is 0.123 e. The first-order valence-corrected chi connectivity index (χ1v) is 6.34. The lowest BCUT2D eigenvalue weighted by Gasteiger charge is -1.97. The molecular weight excluding hydrogens is 247 g/mol. The second kappa shape index (κ2) is 4.42. The Morgan fingerprint density at radius 3 is 2.83 bits per heavy atom. The number of hydrogen-bond donors (Lipinski definition) is 0. The second-order valence-corrected chi connectivity index (χ2v) is 4.98. The lowest BCUT2D eigenvalue weighted by molar-refractivity contribution is 0.415. The summed E-state index contributed by atoms with van der Waals surface area (Å²) in [5.74, 6) is 0.597. The number of rotatable bonds is 2. The summed E-state index contributed by atoms with van der Waals surface area (Å²) in [6.07, 6.45) is 0. The fraction of sp³-hybridized carbons (Fsp3) is 0.0667.